The van der Waals surface area contributed by atoms with E-state index in [4.69, 9.17) is 9.56 Å². The van der Waals surface area contributed by atoms with Gasteiger partial charge in [-0.25, -0.2) is 13.6 Å². The molecule has 0 saturated heterocycles. The molecule has 0 aliphatic heterocycles. The highest BCUT2D eigenvalue weighted by Gasteiger charge is 2.14. The maximum absolute atomic E-state index is 11.1. The van der Waals surface area contributed by atoms with Crippen LogP contribution in [0.2, 0.25) is 0 Å². The van der Waals surface area contributed by atoms with E-state index < -0.39 is 10.0 Å². The average Bonchev–Trinajstić information content (AvgIpc) is 2.85. The summed E-state index contributed by atoms with van der Waals surface area (Å²) in [5, 5.41) is 8.03. The minimum Gasteiger partial charge on any atom is -0.447 e. The summed E-state index contributed by atoms with van der Waals surface area (Å²) in [6.45, 7) is 2.43. The van der Waals surface area contributed by atoms with E-state index in [0.29, 0.717) is 12.3 Å². The van der Waals surface area contributed by atoms with Crippen molar-refractivity contribution in [3.63, 3.8) is 0 Å². The summed E-state index contributed by atoms with van der Waals surface area (Å²) in [5.41, 5.74) is 1.12. The summed E-state index contributed by atoms with van der Waals surface area (Å²) < 4.78 is 28.4. The zero-order valence-electron chi connectivity index (χ0n) is 10.8. The van der Waals surface area contributed by atoms with Gasteiger partial charge in [0.05, 0.1) is 6.54 Å². The third-order valence-corrected chi connectivity index (χ3v) is 4.37. The SMILES string of the molecule is CC(NCc1ccc(S(N)(=O)=O)o1)c1ccccc1Br. The number of nitrogens with two attached hydrogens (primary N) is 1. The van der Waals surface area contributed by atoms with Gasteiger partial charge in [0.1, 0.15) is 5.76 Å². The predicted molar refractivity (Wildman–Crippen MR) is 79.5 cm³/mol. The number of hydrogen-bond acceptors (Lipinski definition) is 4. The summed E-state index contributed by atoms with van der Waals surface area (Å²) in [4.78, 5) is 0. The van der Waals surface area contributed by atoms with Gasteiger partial charge in [0.2, 0.25) is 5.09 Å². The van der Waals surface area contributed by atoms with Crippen LogP contribution in [-0.4, -0.2) is 8.42 Å². The summed E-state index contributed by atoms with van der Waals surface area (Å²) in [6.07, 6.45) is 0. The molecule has 0 bridgehead atoms. The molecule has 3 N–H and O–H groups in total. The Balaban J connectivity index is 2.02. The van der Waals surface area contributed by atoms with Gasteiger partial charge in [-0.15, -0.1) is 0 Å². The van der Waals surface area contributed by atoms with Crippen molar-refractivity contribution < 1.29 is 12.8 Å². The lowest BCUT2D eigenvalue weighted by Gasteiger charge is -2.14. The fraction of sp³-hybridized carbons (Fsp3) is 0.231. The van der Waals surface area contributed by atoms with E-state index in [0.717, 1.165) is 10.0 Å². The maximum atomic E-state index is 11.1. The fourth-order valence-electron chi connectivity index (χ4n) is 1.80. The molecule has 2 aromatic rings. The lowest BCUT2D eigenvalue weighted by Crippen LogP contribution is -2.18. The molecule has 20 heavy (non-hydrogen) atoms. The number of benzene rings is 1. The van der Waals surface area contributed by atoms with Crippen molar-refractivity contribution >= 4 is 26.0 Å². The van der Waals surface area contributed by atoms with E-state index in [-0.39, 0.29) is 11.1 Å². The second kappa shape index (κ2) is 6.09. The molecule has 0 radical (unpaired) electrons. The first-order chi connectivity index (χ1) is 9.38. The van der Waals surface area contributed by atoms with Gasteiger partial charge in [-0.3, -0.25) is 0 Å². The monoisotopic (exact) mass is 358 g/mol. The highest BCUT2D eigenvalue weighted by atomic mass is 79.9. The minimum atomic E-state index is -3.78. The Morgan fingerprint density at radius 1 is 1.30 bits per heavy atom. The van der Waals surface area contributed by atoms with Gasteiger partial charge in [-0.05, 0) is 30.7 Å². The summed E-state index contributed by atoms with van der Waals surface area (Å²) in [5.74, 6) is 0.521. The van der Waals surface area contributed by atoms with Crippen LogP contribution in [0.1, 0.15) is 24.3 Å². The van der Waals surface area contributed by atoms with Gasteiger partial charge in [0.25, 0.3) is 10.0 Å². The van der Waals surface area contributed by atoms with Gasteiger partial charge < -0.3 is 9.73 Å². The minimum absolute atomic E-state index is 0.0913. The third kappa shape index (κ3) is 3.69. The van der Waals surface area contributed by atoms with Crippen molar-refractivity contribution in [1.29, 1.82) is 0 Å². The zero-order valence-corrected chi connectivity index (χ0v) is 13.2. The summed E-state index contributed by atoms with van der Waals surface area (Å²) in [7, 11) is -3.78. The van der Waals surface area contributed by atoms with Crippen molar-refractivity contribution in [2.75, 3.05) is 0 Å². The molecule has 1 heterocycles. The molecule has 0 aliphatic carbocycles. The van der Waals surface area contributed by atoms with Gasteiger partial charge in [0.15, 0.2) is 0 Å². The largest absolute Gasteiger partial charge is 0.447 e. The third-order valence-electron chi connectivity index (χ3n) is 2.87. The van der Waals surface area contributed by atoms with Crippen molar-refractivity contribution in [3.05, 3.63) is 52.2 Å². The number of rotatable bonds is 5. The normalized spacial score (nSPS) is 13.3. The first-order valence-corrected chi connectivity index (χ1v) is 8.31. The molecule has 7 heteroatoms. The van der Waals surface area contributed by atoms with Crippen molar-refractivity contribution in [2.24, 2.45) is 5.14 Å². The van der Waals surface area contributed by atoms with Gasteiger partial charge in [-0.1, -0.05) is 34.1 Å². The second-order valence-corrected chi connectivity index (χ2v) is 6.74. The van der Waals surface area contributed by atoms with E-state index in [9.17, 15) is 8.42 Å². The Bertz CT molecular complexity index is 697. The molecule has 1 aromatic carbocycles. The molecule has 0 aliphatic rings. The average molecular weight is 359 g/mol. The molecule has 5 nitrogen and oxygen atoms in total. The molecule has 0 amide bonds. The smallest absolute Gasteiger partial charge is 0.271 e. The van der Waals surface area contributed by atoms with Crippen LogP contribution < -0.4 is 10.5 Å². The molecule has 2 rings (SSSR count). The molecule has 108 valence electrons. The molecule has 1 atom stereocenters. The topological polar surface area (TPSA) is 85.3 Å². The number of primary sulfonamides is 1. The number of furan rings is 1. The van der Waals surface area contributed by atoms with Crippen LogP contribution in [0.3, 0.4) is 0 Å². The van der Waals surface area contributed by atoms with Crippen molar-refractivity contribution in [2.45, 2.75) is 24.6 Å². The molecule has 0 saturated carbocycles. The van der Waals surface area contributed by atoms with Crippen LogP contribution in [0.5, 0.6) is 0 Å². The van der Waals surface area contributed by atoms with Gasteiger partial charge >= 0.3 is 0 Å². The lowest BCUT2D eigenvalue weighted by atomic mass is 10.1. The number of halogens is 1. The molecule has 0 spiro atoms. The summed E-state index contributed by atoms with van der Waals surface area (Å²) in [6, 6.07) is 10.9. The van der Waals surface area contributed by atoms with Crippen LogP contribution in [-0.2, 0) is 16.6 Å². The van der Waals surface area contributed by atoms with E-state index in [2.05, 4.69) is 21.2 Å². The Morgan fingerprint density at radius 2 is 2.00 bits per heavy atom. The van der Waals surface area contributed by atoms with Crippen LogP contribution in [0.4, 0.5) is 0 Å². The molecule has 0 fully saturated rings. The predicted octanol–water partition coefficient (Wildman–Crippen LogP) is 2.54. The number of nitrogens with one attached hydrogen (secondary N) is 1. The van der Waals surface area contributed by atoms with E-state index >= 15 is 0 Å². The Kier molecular flexibility index (Phi) is 4.64. The first-order valence-electron chi connectivity index (χ1n) is 5.97. The Labute approximate surface area is 126 Å². The van der Waals surface area contributed by atoms with Crippen LogP contribution in [0.15, 0.2) is 50.4 Å². The van der Waals surface area contributed by atoms with E-state index in [1.807, 2.05) is 31.2 Å². The van der Waals surface area contributed by atoms with Crippen molar-refractivity contribution in [3.8, 4) is 0 Å². The number of hydrogen-bond donors (Lipinski definition) is 2. The molecule has 1 unspecified atom stereocenters. The highest BCUT2D eigenvalue weighted by molar-refractivity contribution is 9.10. The Hall–Kier alpha value is -1.15. The first kappa shape index (κ1) is 15.2. The highest BCUT2D eigenvalue weighted by Crippen LogP contribution is 2.23. The van der Waals surface area contributed by atoms with Crippen LogP contribution in [0.25, 0.3) is 0 Å². The Morgan fingerprint density at radius 3 is 2.60 bits per heavy atom. The van der Waals surface area contributed by atoms with Gasteiger partial charge in [-0.2, -0.15) is 0 Å². The lowest BCUT2D eigenvalue weighted by molar-refractivity contribution is 0.393. The quantitative estimate of drug-likeness (QED) is 0.859. The van der Waals surface area contributed by atoms with Crippen molar-refractivity contribution in [1.82, 2.24) is 5.32 Å². The molecular weight excluding hydrogens is 344 g/mol. The number of sulfonamides is 1. The second-order valence-electron chi connectivity index (χ2n) is 4.39. The maximum Gasteiger partial charge on any atom is 0.271 e. The van der Waals surface area contributed by atoms with Crippen LogP contribution >= 0.6 is 15.9 Å². The molecule has 1 aromatic heterocycles. The van der Waals surface area contributed by atoms with Crippen LogP contribution in [0, 0.1) is 0 Å². The summed E-state index contributed by atoms with van der Waals surface area (Å²) >= 11 is 3.49. The van der Waals surface area contributed by atoms with E-state index in [1.54, 1.807) is 6.07 Å². The fourth-order valence-corrected chi connectivity index (χ4v) is 2.91. The van der Waals surface area contributed by atoms with Gasteiger partial charge in [0, 0.05) is 10.5 Å². The standard InChI is InChI=1S/C13H15BrN2O3S/c1-9(11-4-2-3-5-12(11)14)16-8-10-6-7-13(19-10)20(15,17)18/h2-7,9,16H,8H2,1H3,(H2,15,17,18). The zero-order chi connectivity index (χ0) is 14.8. The molecular formula is C13H15BrN2O3S. The van der Waals surface area contributed by atoms with E-state index in [1.165, 1.54) is 6.07 Å².